The molecule has 12 heavy (non-hydrogen) atoms. The second-order valence-electron chi connectivity index (χ2n) is 2.33. The number of hydrogen-bond donors (Lipinski definition) is 0. The molecule has 0 radical (unpaired) electrons. The maximum absolute atomic E-state index is 10.9. The van der Waals surface area contributed by atoms with Gasteiger partial charge in [-0.1, -0.05) is 11.6 Å². The molecule has 0 bridgehead atoms. The Labute approximate surface area is 94.2 Å². The molecule has 0 aromatic heterocycles. The van der Waals surface area contributed by atoms with E-state index in [4.69, 9.17) is 23.2 Å². The van der Waals surface area contributed by atoms with Crippen LogP contribution in [0.4, 0.5) is 0 Å². The predicted octanol–water partition coefficient (Wildman–Crippen LogP) is 3.63. The molecule has 0 aliphatic carbocycles. The molecule has 0 spiro atoms. The lowest BCUT2D eigenvalue weighted by Crippen LogP contribution is -1.95. The minimum Gasteiger partial charge on any atom is -0.276 e. The molecule has 0 aliphatic rings. The maximum Gasteiger partial charge on any atom is 0.252 e. The van der Waals surface area contributed by atoms with Crippen LogP contribution in [0.3, 0.4) is 0 Å². The highest BCUT2D eigenvalue weighted by atomic mass is 127. The van der Waals surface area contributed by atoms with Gasteiger partial charge in [-0.2, -0.15) is 0 Å². The molecule has 1 aromatic carbocycles. The molecule has 1 nitrogen and oxygen atoms in total. The van der Waals surface area contributed by atoms with Gasteiger partial charge >= 0.3 is 0 Å². The molecule has 0 saturated carbocycles. The lowest BCUT2D eigenvalue weighted by atomic mass is 10.1. The van der Waals surface area contributed by atoms with Crippen molar-refractivity contribution in [3.05, 3.63) is 31.9 Å². The van der Waals surface area contributed by atoms with Gasteiger partial charge in [0, 0.05) is 14.2 Å². The zero-order chi connectivity index (χ0) is 9.30. The monoisotopic (exact) mass is 314 g/mol. The molecule has 64 valence electrons. The third-order valence-electron chi connectivity index (χ3n) is 1.52. The summed E-state index contributed by atoms with van der Waals surface area (Å²) in [7, 11) is 0. The van der Waals surface area contributed by atoms with Gasteiger partial charge in [-0.15, -0.1) is 0 Å². The summed E-state index contributed by atoms with van der Waals surface area (Å²) in [5.74, 6) is 0. The highest BCUT2D eigenvalue weighted by Crippen LogP contribution is 2.23. The maximum atomic E-state index is 10.9. The number of hydrogen-bond acceptors (Lipinski definition) is 1. The summed E-state index contributed by atoms with van der Waals surface area (Å²) >= 11 is 13.2. The van der Waals surface area contributed by atoms with E-state index in [0.717, 1.165) is 9.13 Å². The number of carbonyl (C=O) groups is 1. The summed E-state index contributed by atoms with van der Waals surface area (Å²) in [4.78, 5) is 10.9. The smallest absolute Gasteiger partial charge is 0.252 e. The zero-order valence-electron chi connectivity index (χ0n) is 6.20. The van der Waals surface area contributed by atoms with Crippen molar-refractivity contribution in [2.45, 2.75) is 6.92 Å². The lowest BCUT2D eigenvalue weighted by Gasteiger charge is -2.03. The van der Waals surface area contributed by atoms with E-state index in [9.17, 15) is 4.79 Å². The van der Waals surface area contributed by atoms with Crippen LogP contribution < -0.4 is 0 Å². The van der Waals surface area contributed by atoms with Gasteiger partial charge in [-0.3, -0.25) is 4.79 Å². The van der Waals surface area contributed by atoms with Crippen molar-refractivity contribution in [3.8, 4) is 0 Å². The summed E-state index contributed by atoms with van der Waals surface area (Å²) in [6, 6.07) is 3.37. The molecule has 0 heterocycles. The second-order valence-corrected chi connectivity index (χ2v) is 4.28. The highest BCUT2D eigenvalue weighted by molar-refractivity contribution is 14.1. The van der Waals surface area contributed by atoms with Crippen molar-refractivity contribution in [3.63, 3.8) is 0 Å². The number of halogens is 3. The van der Waals surface area contributed by atoms with Crippen LogP contribution in [-0.2, 0) is 0 Å². The molecular weight excluding hydrogens is 310 g/mol. The largest absolute Gasteiger partial charge is 0.276 e. The van der Waals surface area contributed by atoms with E-state index in [0.29, 0.717) is 10.6 Å². The standard InChI is InChI=1S/C8H5Cl2IO/c1-4-6(8(10)12)2-5(9)3-7(4)11/h2-3H,1H3. The predicted molar refractivity (Wildman–Crippen MR) is 59.1 cm³/mol. The Kier molecular flexibility index (Phi) is 3.37. The Morgan fingerprint density at radius 1 is 1.50 bits per heavy atom. The van der Waals surface area contributed by atoms with E-state index in [2.05, 4.69) is 22.6 Å². The van der Waals surface area contributed by atoms with Gasteiger partial charge in [0.2, 0.25) is 0 Å². The minimum absolute atomic E-state index is 0.465. The van der Waals surface area contributed by atoms with E-state index in [1.54, 1.807) is 12.1 Å². The Morgan fingerprint density at radius 3 is 2.58 bits per heavy atom. The van der Waals surface area contributed by atoms with Crippen LogP contribution >= 0.6 is 45.8 Å². The van der Waals surface area contributed by atoms with Gasteiger partial charge in [0.1, 0.15) is 0 Å². The van der Waals surface area contributed by atoms with Crippen molar-refractivity contribution >= 4 is 51.0 Å². The average Bonchev–Trinajstić information content (AvgIpc) is 1.96. The van der Waals surface area contributed by atoms with Gasteiger partial charge in [-0.25, -0.2) is 0 Å². The Bertz CT molecular complexity index is 336. The van der Waals surface area contributed by atoms with Gasteiger partial charge in [0.05, 0.1) is 0 Å². The number of benzene rings is 1. The van der Waals surface area contributed by atoms with Gasteiger partial charge in [-0.05, 0) is 58.8 Å². The molecular formula is C8H5Cl2IO. The SMILES string of the molecule is Cc1c(I)cc(Cl)cc1C(=O)Cl. The third-order valence-corrected chi connectivity index (χ3v) is 3.06. The fourth-order valence-corrected chi connectivity index (χ4v) is 2.07. The van der Waals surface area contributed by atoms with Crippen molar-refractivity contribution in [1.82, 2.24) is 0 Å². The van der Waals surface area contributed by atoms with E-state index in [1.807, 2.05) is 6.92 Å². The first kappa shape index (κ1) is 10.3. The minimum atomic E-state index is -0.465. The Hall–Kier alpha value is 0.200. The third kappa shape index (κ3) is 2.12. The molecule has 1 aromatic rings. The normalized spacial score (nSPS) is 10.0. The summed E-state index contributed by atoms with van der Waals surface area (Å²) in [5.41, 5.74) is 1.36. The second kappa shape index (κ2) is 3.94. The first-order valence-corrected chi connectivity index (χ1v) is 5.01. The topological polar surface area (TPSA) is 17.1 Å². The first-order valence-electron chi connectivity index (χ1n) is 3.18. The quantitative estimate of drug-likeness (QED) is 0.571. The fraction of sp³-hybridized carbons (Fsp3) is 0.125. The molecule has 0 N–H and O–H groups in total. The van der Waals surface area contributed by atoms with Crippen LogP contribution in [0.1, 0.15) is 15.9 Å². The summed E-state index contributed by atoms with van der Waals surface area (Å²) in [6.45, 7) is 1.84. The van der Waals surface area contributed by atoms with E-state index >= 15 is 0 Å². The molecule has 0 amide bonds. The fourth-order valence-electron chi connectivity index (χ4n) is 0.850. The van der Waals surface area contributed by atoms with Crippen molar-refractivity contribution in [2.24, 2.45) is 0 Å². The van der Waals surface area contributed by atoms with E-state index in [1.165, 1.54) is 0 Å². The molecule has 0 saturated heterocycles. The van der Waals surface area contributed by atoms with Crippen LogP contribution in [0.15, 0.2) is 12.1 Å². The van der Waals surface area contributed by atoms with Crippen molar-refractivity contribution in [1.29, 1.82) is 0 Å². The van der Waals surface area contributed by atoms with Crippen molar-refractivity contribution in [2.75, 3.05) is 0 Å². The molecule has 0 atom stereocenters. The van der Waals surface area contributed by atoms with Crippen LogP contribution in [0, 0.1) is 10.5 Å². The van der Waals surface area contributed by atoms with Crippen LogP contribution in [-0.4, -0.2) is 5.24 Å². The molecule has 4 heteroatoms. The Balaban J connectivity index is 3.37. The van der Waals surface area contributed by atoms with Crippen LogP contribution in [0.25, 0.3) is 0 Å². The number of carbonyl (C=O) groups excluding carboxylic acids is 1. The molecule has 1 rings (SSSR count). The summed E-state index contributed by atoms with van der Waals surface area (Å²) in [6.07, 6.45) is 0. The average molecular weight is 315 g/mol. The van der Waals surface area contributed by atoms with Crippen molar-refractivity contribution < 1.29 is 4.79 Å². The first-order chi connectivity index (χ1) is 5.52. The van der Waals surface area contributed by atoms with Gasteiger partial charge in [0.15, 0.2) is 0 Å². The molecule has 0 unspecified atom stereocenters. The Morgan fingerprint density at radius 2 is 2.08 bits per heavy atom. The van der Waals surface area contributed by atoms with Crippen LogP contribution in [0.5, 0.6) is 0 Å². The number of rotatable bonds is 1. The van der Waals surface area contributed by atoms with Gasteiger partial charge in [0.25, 0.3) is 5.24 Å². The van der Waals surface area contributed by atoms with E-state index in [-0.39, 0.29) is 0 Å². The molecule has 0 aliphatic heterocycles. The molecule has 0 fully saturated rings. The van der Waals surface area contributed by atoms with E-state index < -0.39 is 5.24 Å². The summed E-state index contributed by atoms with van der Waals surface area (Å²) in [5, 5.41) is 0.0712. The zero-order valence-corrected chi connectivity index (χ0v) is 9.87. The lowest BCUT2D eigenvalue weighted by molar-refractivity contribution is 0.108. The summed E-state index contributed by atoms with van der Waals surface area (Å²) < 4.78 is 0.948. The van der Waals surface area contributed by atoms with Gasteiger partial charge < -0.3 is 0 Å². The van der Waals surface area contributed by atoms with Crippen LogP contribution in [0.2, 0.25) is 5.02 Å². The highest BCUT2D eigenvalue weighted by Gasteiger charge is 2.09.